The number of ketones is 2. The predicted molar refractivity (Wildman–Crippen MR) is 53.8 cm³/mol. The Balaban J connectivity index is 2.30. The van der Waals surface area contributed by atoms with E-state index in [4.69, 9.17) is 0 Å². The third-order valence-corrected chi connectivity index (χ3v) is 4.20. The Morgan fingerprint density at radius 3 is 2.57 bits per heavy atom. The van der Waals surface area contributed by atoms with Gasteiger partial charge >= 0.3 is 0 Å². The molecule has 0 aromatic carbocycles. The average Bonchev–Trinajstić information content (AvgIpc) is 2.05. The van der Waals surface area contributed by atoms with Gasteiger partial charge in [-0.15, -0.1) is 0 Å². The second-order valence-corrected chi connectivity index (χ2v) is 5.62. The summed E-state index contributed by atoms with van der Waals surface area (Å²) in [5.41, 5.74) is 0.188. The van der Waals surface area contributed by atoms with Gasteiger partial charge in [0.05, 0.1) is 0 Å². The summed E-state index contributed by atoms with van der Waals surface area (Å²) in [6.07, 6.45) is 2.45. The third kappa shape index (κ3) is 1.32. The maximum absolute atomic E-state index is 11.6. The first-order valence-corrected chi connectivity index (χ1v) is 5.45. The molecule has 78 valence electrons. The van der Waals surface area contributed by atoms with Crippen LogP contribution in [-0.4, -0.2) is 11.6 Å². The highest BCUT2D eigenvalue weighted by Crippen LogP contribution is 2.53. The molecule has 0 aromatic heterocycles. The Morgan fingerprint density at radius 2 is 2.07 bits per heavy atom. The zero-order chi connectivity index (χ0) is 10.5. The van der Waals surface area contributed by atoms with Gasteiger partial charge in [0.25, 0.3) is 0 Å². The zero-order valence-electron chi connectivity index (χ0n) is 9.17. The predicted octanol–water partition coefficient (Wildman–Crippen LogP) is 2.22. The number of fused-ring (bicyclic) bond motifs is 3. The lowest BCUT2D eigenvalue weighted by atomic mass is 9.52. The molecule has 2 bridgehead atoms. The van der Waals surface area contributed by atoms with Crippen LogP contribution in [0.15, 0.2) is 0 Å². The molecular weight excluding hydrogens is 176 g/mol. The van der Waals surface area contributed by atoms with Crippen molar-refractivity contribution in [3.63, 3.8) is 0 Å². The molecule has 3 saturated carbocycles. The fourth-order valence-electron chi connectivity index (χ4n) is 3.38. The molecule has 3 fully saturated rings. The fourth-order valence-corrected chi connectivity index (χ4v) is 3.38. The van der Waals surface area contributed by atoms with Gasteiger partial charge in [-0.3, -0.25) is 9.59 Å². The molecule has 2 nitrogen and oxygen atoms in total. The summed E-state index contributed by atoms with van der Waals surface area (Å²) in [7, 11) is 0. The van der Waals surface area contributed by atoms with E-state index in [2.05, 4.69) is 13.8 Å². The van der Waals surface area contributed by atoms with Gasteiger partial charge in [0.2, 0.25) is 0 Å². The summed E-state index contributed by atoms with van der Waals surface area (Å²) in [5.74, 6) is 1.30. The smallest absolute Gasteiger partial charge is 0.136 e. The highest BCUT2D eigenvalue weighted by Gasteiger charge is 2.51. The van der Waals surface area contributed by atoms with E-state index in [1.807, 2.05) is 0 Å². The van der Waals surface area contributed by atoms with Gasteiger partial charge in [-0.2, -0.15) is 0 Å². The molecule has 0 unspecified atom stereocenters. The third-order valence-electron chi connectivity index (χ3n) is 4.20. The largest absolute Gasteiger partial charge is 0.300 e. The molecule has 3 aliphatic carbocycles. The first-order chi connectivity index (χ1) is 6.42. The molecule has 3 atom stereocenters. The first kappa shape index (κ1) is 9.88. The number of Topliss-reactive ketones (excluding diaryl/α,β-unsaturated/α-hetero) is 2. The van der Waals surface area contributed by atoms with Crippen LogP contribution in [0.25, 0.3) is 0 Å². The van der Waals surface area contributed by atoms with Crippen LogP contribution in [0.4, 0.5) is 0 Å². The minimum atomic E-state index is 0.154. The lowest BCUT2D eigenvalue weighted by molar-refractivity contribution is -0.145. The van der Waals surface area contributed by atoms with Gasteiger partial charge in [0.1, 0.15) is 11.6 Å². The van der Waals surface area contributed by atoms with Crippen molar-refractivity contribution in [1.29, 1.82) is 0 Å². The van der Waals surface area contributed by atoms with Crippen LogP contribution in [0.1, 0.15) is 40.0 Å². The SMILES string of the molecule is CC(=O)[C@@H]1C[C@H]2CC(C)(C)[C@@H]1CC2=O. The molecule has 0 aliphatic heterocycles. The topological polar surface area (TPSA) is 34.1 Å². The maximum atomic E-state index is 11.6. The van der Waals surface area contributed by atoms with Gasteiger partial charge in [0, 0.05) is 18.3 Å². The first-order valence-electron chi connectivity index (χ1n) is 5.45. The molecule has 3 aliphatic rings. The van der Waals surface area contributed by atoms with E-state index in [1.54, 1.807) is 6.92 Å². The van der Waals surface area contributed by atoms with E-state index < -0.39 is 0 Å². The van der Waals surface area contributed by atoms with Crippen molar-refractivity contribution in [2.75, 3.05) is 0 Å². The van der Waals surface area contributed by atoms with Crippen molar-refractivity contribution in [1.82, 2.24) is 0 Å². The number of carbonyl (C=O) groups excluding carboxylic acids is 2. The van der Waals surface area contributed by atoms with Crippen LogP contribution in [-0.2, 0) is 9.59 Å². The van der Waals surface area contributed by atoms with Gasteiger partial charge in [0.15, 0.2) is 0 Å². The van der Waals surface area contributed by atoms with Crippen molar-refractivity contribution in [3.8, 4) is 0 Å². The Morgan fingerprint density at radius 1 is 1.43 bits per heavy atom. The molecule has 0 aromatic rings. The van der Waals surface area contributed by atoms with E-state index >= 15 is 0 Å². The molecule has 14 heavy (non-hydrogen) atoms. The number of hydrogen-bond donors (Lipinski definition) is 0. The molecule has 0 heterocycles. The summed E-state index contributed by atoms with van der Waals surface area (Å²) in [6, 6.07) is 0. The summed E-state index contributed by atoms with van der Waals surface area (Å²) in [5, 5.41) is 0. The maximum Gasteiger partial charge on any atom is 0.136 e. The average molecular weight is 194 g/mol. The summed E-state index contributed by atoms with van der Waals surface area (Å²) in [4.78, 5) is 23.1. The van der Waals surface area contributed by atoms with E-state index in [0.29, 0.717) is 18.1 Å². The van der Waals surface area contributed by atoms with Crippen LogP contribution in [0, 0.1) is 23.2 Å². The van der Waals surface area contributed by atoms with Crippen LogP contribution < -0.4 is 0 Å². The normalized spacial score (nSPS) is 39.9. The van der Waals surface area contributed by atoms with Gasteiger partial charge in [-0.05, 0) is 31.1 Å². The molecule has 0 N–H and O–H groups in total. The zero-order valence-corrected chi connectivity index (χ0v) is 9.17. The van der Waals surface area contributed by atoms with E-state index in [1.165, 1.54) is 0 Å². The van der Waals surface area contributed by atoms with Crippen molar-refractivity contribution in [2.24, 2.45) is 23.2 Å². The molecule has 0 saturated heterocycles. The van der Waals surface area contributed by atoms with Gasteiger partial charge in [-0.25, -0.2) is 0 Å². The number of rotatable bonds is 1. The lowest BCUT2D eigenvalue weighted by Gasteiger charge is -2.50. The quantitative estimate of drug-likeness (QED) is 0.641. The molecule has 0 amide bonds. The van der Waals surface area contributed by atoms with Crippen LogP contribution in [0.5, 0.6) is 0 Å². The van der Waals surface area contributed by atoms with Crippen LogP contribution in [0.2, 0.25) is 0 Å². The van der Waals surface area contributed by atoms with E-state index in [9.17, 15) is 9.59 Å². The second-order valence-electron chi connectivity index (χ2n) is 5.62. The number of carbonyl (C=O) groups is 2. The standard InChI is InChI=1S/C12H18O2/c1-7(13)9-4-8-6-12(2,3)10(9)5-11(8)14/h8-10H,4-6H2,1-3H3/t8-,9-,10+/m0/s1. The summed E-state index contributed by atoms with van der Waals surface area (Å²) in [6.45, 7) is 6.07. The molecule has 3 rings (SSSR count). The van der Waals surface area contributed by atoms with Gasteiger partial charge < -0.3 is 0 Å². The molecule has 0 radical (unpaired) electrons. The Kier molecular flexibility index (Phi) is 2.06. The van der Waals surface area contributed by atoms with Crippen molar-refractivity contribution >= 4 is 11.6 Å². The summed E-state index contributed by atoms with van der Waals surface area (Å²) < 4.78 is 0. The Labute approximate surface area is 85.1 Å². The highest BCUT2D eigenvalue weighted by atomic mass is 16.1. The number of hydrogen-bond acceptors (Lipinski definition) is 2. The Hall–Kier alpha value is -0.660. The van der Waals surface area contributed by atoms with Crippen LogP contribution >= 0.6 is 0 Å². The lowest BCUT2D eigenvalue weighted by Crippen LogP contribution is -2.50. The Bertz CT molecular complexity index is 291. The molecule has 2 heteroatoms. The van der Waals surface area contributed by atoms with Crippen molar-refractivity contribution in [3.05, 3.63) is 0 Å². The minimum Gasteiger partial charge on any atom is -0.300 e. The van der Waals surface area contributed by atoms with Crippen molar-refractivity contribution in [2.45, 2.75) is 40.0 Å². The monoisotopic (exact) mass is 194 g/mol. The van der Waals surface area contributed by atoms with Crippen LogP contribution in [0.3, 0.4) is 0 Å². The molecular formula is C12H18O2. The van der Waals surface area contributed by atoms with Crippen molar-refractivity contribution < 1.29 is 9.59 Å². The van der Waals surface area contributed by atoms with E-state index in [-0.39, 0.29) is 23.0 Å². The summed E-state index contributed by atoms with van der Waals surface area (Å²) >= 11 is 0. The van der Waals surface area contributed by atoms with E-state index in [0.717, 1.165) is 12.8 Å². The second kappa shape index (κ2) is 2.91. The minimum absolute atomic E-state index is 0.154. The highest BCUT2D eigenvalue weighted by molar-refractivity contribution is 5.87. The fraction of sp³-hybridized carbons (Fsp3) is 0.833. The molecule has 0 spiro atoms. The van der Waals surface area contributed by atoms with Gasteiger partial charge in [-0.1, -0.05) is 13.8 Å².